The number of hydrogen-bond donors (Lipinski definition) is 3. The van der Waals surface area contributed by atoms with Gasteiger partial charge in [-0.2, -0.15) is 11.8 Å². The van der Waals surface area contributed by atoms with Crippen molar-refractivity contribution in [1.82, 2.24) is 10.6 Å². The lowest BCUT2D eigenvalue weighted by Crippen LogP contribution is -2.55. The van der Waals surface area contributed by atoms with E-state index >= 15 is 0 Å². The van der Waals surface area contributed by atoms with Gasteiger partial charge < -0.3 is 15.7 Å². The summed E-state index contributed by atoms with van der Waals surface area (Å²) in [6.07, 6.45) is 4.72. The van der Waals surface area contributed by atoms with E-state index in [4.69, 9.17) is 5.11 Å². The molecule has 0 aromatic heterocycles. The molecule has 1 aliphatic carbocycles. The third-order valence-electron chi connectivity index (χ3n) is 2.81. The Balaban J connectivity index is 2.43. The van der Waals surface area contributed by atoms with Crippen molar-refractivity contribution in [1.29, 1.82) is 0 Å². The highest BCUT2D eigenvalue weighted by molar-refractivity contribution is 7.98. The van der Waals surface area contributed by atoms with Crippen LogP contribution in [-0.2, 0) is 4.79 Å². The topological polar surface area (TPSA) is 78.4 Å². The molecule has 0 aromatic rings. The number of amides is 2. The van der Waals surface area contributed by atoms with Crippen LogP contribution in [-0.4, -0.2) is 41.2 Å². The molecular weight excluding hydrogens is 228 g/mol. The van der Waals surface area contributed by atoms with Crippen molar-refractivity contribution >= 4 is 23.8 Å². The van der Waals surface area contributed by atoms with Crippen molar-refractivity contribution in [3.05, 3.63) is 0 Å². The molecular formula is C10H18N2O3S. The van der Waals surface area contributed by atoms with Crippen molar-refractivity contribution in [3.8, 4) is 0 Å². The van der Waals surface area contributed by atoms with Crippen LogP contribution in [0.5, 0.6) is 0 Å². The number of thioether (sulfide) groups is 1. The molecule has 0 radical (unpaired) electrons. The molecule has 0 bridgehead atoms. The first-order valence-electron chi connectivity index (χ1n) is 5.39. The van der Waals surface area contributed by atoms with Crippen LogP contribution in [0.2, 0.25) is 0 Å². The monoisotopic (exact) mass is 246 g/mol. The van der Waals surface area contributed by atoms with Crippen molar-refractivity contribution < 1.29 is 14.7 Å². The number of urea groups is 1. The maximum absolute atomic E-state index is 11.5. The number of carboxylic acid groups (broad SMARTS) is 1. The maximum atomic E-state index is 11.5. The van der Waals surface area contributed by atoms with Crippen molar-refractivity contribution in [2.24, 2.45) is 0 Å². The van der Waals surface area contributed by atoms with Gasteiger partial charge in [-0.25, -0.2) is 9.59 Å². The summed E-state index contributed by atoms with van der Waals surface area (Å²) in [4.78, 5) is 22.6. The normalized spacial score (nSPS) is 18.1. The fourth-order valence-electron chi connectivity index (χ4n) is 1.90. The number of carboxylic acids is 1. The zero-order chi connectivity index (χ0) is 12.0. The van der Waals surface area contributed by atoms with E-state index in [1.54, 1.807) is 11.8 Å². The molecule has 0 saturated heterocycles. The van der Waals surface area contributed by atoms with Crippen LogP contribution in [0, 0.1) is 0 Å². The largest absolute Gasteiger partial charge is 0.480 e. The second-order valence-corrected chi connectivity index (χ2v) is 4.95. The van der Waals surface area contributed by atoms with E-state index in [2.05, 4.69) is 10.6 Å². The first-order valence-corrected chi connectivity index (χ1v) is 6.78. The Bertz CT molecular complexity index is 265. The highest BCUT2D eigenvalue weighted by Gasteiger charge is 2.42. The minimum Gasteiger partial charge on any atom is -0.480 e. The van der Waals surface area contributed by atoms with E-state index in [1.165, 1.54) is 0 Å². The highest BCUT2D eigenvalue weighted by Crippen LogP contribution is 2.29. The third kappa shape index (κ3) is 3.30. The number of nitrogens with one attached hydrogen (secondary N) is 2. The van der Waals surface area contributed by atoms with Crippen LogP contribution in [0.3, 0.4) is 0 Å². The summed E-state index contributed by atoms with van der Waals surface area (Å²) in [5.41, 5.74) is -1.04. The third-order valence-corrected chi connectivity index (χ3v) is 3.42. The van der Waals surface area contributed by atoms with Gasteiger partial charge >= 0.3 is 12.0 Å². The summed E-state index contributed by atoms with van der Waals surface area (Å²) in [5, 5.41) is 14.4. The van der Waals surface area contributed by atoms with E-state index in [1.807, 2.05) is 6.26 Å². The van der Waals surface area contributed by atoms with Gasteiger partial charge in [0.1, 0.15) is 5.54 Å². The summed E-state index contributed by atoms with van der Waals surface area (Å²) in [5.74, 6) is -0.0990. The first-order chi connectivity index (χ1) is 7.60. The maximum Gasteiger partial charge on any atom is 0.329 e. The SMILES string of the molecule is CSCCNC(=O)NC1(C(=O)O)CCCC1. The fourth-order valence-corrected chi connectivity index (χ4v) is 2.21. The van der Waals surface area contributed by atoms with Gasteiger partial charge in [0.2, 0.25) is 0 Å². The molecule has 1 saturated carbocycles. The smallest absolute Gasteiger partial charge is 0.329 e. The summed E-state index contributed by atoms with van der Waals surface area (Å²) in [6.45, 7) is 0.558. The number of carbonyl (C=O) groups is 2. The Morgan fingerprint density at radius 1 is 1.38 bits per heavy atom. The highest BCUT2D eigenvalue weighted by atomic mass is 32.2. The Labute approximate surface area is 99.4 Å². The quantitative estimate of drug-likeness (QED) is 0.633. The van der Waals surface area contributed by atoms with Crippen LogP contribution in [0.25, 0.3) is 0 Å². The Hall–Kier alpha value is -0.910. The predicted molar refractivity (Wildman–Crippen MR) is 63.8 cm³/mol. The average Bonchev–Trinajstić information content (AvgIpc) is 2.68. The van der Waals surface area contributed by atoms with Gasteiger partial charge in [-0.1, -0.05) is 12.8 Å². The van der Waals surface area contributed by atoms with Crippen LogP contribution in [0.15, 0.2) is 0 Å². The van der Waals surface area contributed by atoms with Gasteiger partial charge in [0.15, 0.2) is 0 Å². The molecule has 1 rings (SSSR count). The molecule has 92 valence electrons. The molecule has 0 atom stereocenters. The molecule has 0 unspecified atom stereocenters. The summed E-state index contributed by atoms with van der Waals surface area (Å²) >= 11 is 1.63. The second kappa shape index (κ2) is 5.98. The Morgan fingerprint density at radius 3 is 2.50 bits per heavy atom. The number of carbonyl (C=O) groups excluding carboxylic acids is 1. The van der Waals surface area contributed by atoms with E-state index in [-0.39, 0.29) is 6.03 Å². The molecule has 6 heteroatoms. The van der Waals surface area contributed by atoms with E-state index < -0.39 is 11.5 Å². The van der Waals surface area contributed by atoms with Gasteiger partial charge in [-0.15, -0.1) is 0 Å². The molecule has 1 fully saturated rings. The summed E-state index contributed by atoms with van der Waals surface area (Å²) < 4.78 is 0. The molecule has 0 aliphatic heterocycles. The van der Waals surface area contributed by atoms with E-state index in [9.17, 15) is 9.59 Å². The molecule has 1 aliphatic rings. The summed E-state index contributed by atoms with van der Waals surface area (Å²) in [7, 11) is 0. The van der Waals surface area contributed by atoms with Crippen LogP contribution in [0.1, 0.15) is 25.7 Å². The lowest BCUT2D eigenvalue weighted by molar-refractivity contribution is -0.144. The molecule has 16 heavy (non-hydrogen) atoms. The average molecular weight is 246 g/mol. The lowest BCUT2D eigenvalue weighted by Gasteiger charge is -2.25. The molecule has 2 amide bonds. The minimum absolute atomic E-state index is 0.377. The van der Waals surface area contributed by atoms with E-state index in [0.29, 0.717) is 19.4 Å². The lowest BCUT2D eigenvalue weighted by atomic mass is 9.98. The number of rotatable bonds is 5. The zero-order valence-corrected chi connectivity index (χ0v) is 10.2. The number of aliphatic carboxylic acids is 1. The second-order valence-electron chi connectivity index (χ2n) is 3.97. The molecule has 5 nitrogen and oxygen atoms in total. The van der Waals surface area contributed by atoms with Gasteiger partial charge in [-0.3, -0.25) is 0 Å². The van der Waals surface area contributed by atoms with Gasteiger partial charge in [0, 0.05) is 12.3 Å². The Kier molecular flexibility index (Phi) is 4.92. The van der Waals surface area contributed by atoms with E-state index in [0.717, 1.165) is 18.6 Å². The van der Waals surface area contributed by atoms with Crippen molar-refractivity contribution in [2.75, 3.05) is 18.6 Å². The van der Waals surface area contributed by atoms with Crippen LogP contribution < -0.4 is 10.6 Å². The fraction of sp³-hybridized carbons (Fsp3) is 0.800. The number of hydrogen-bond acceptors (Lipinski definition) is 3. The summed E-state index contributed by atoms with van der Waals surface area (Å²) in [6, 6.07) is -0.377. The standard InChI is InChI=1S/C10H18N2O3S/c1-16-7-6-11-9(15)12-10(8(13)14)4-2-3-5-10/h2-7H2,1H3,(H,13,14)(H2,11,12,15). The molecule has 0 aromatic carbocycles. The van der Waals surface area contributed by atoms with Crippen molar-refractivity contribution in [3.63, 3.8) is 0 Å². The van der Waals surface area contributed by atoms with Gasteiger partial charge in [0.05, 0.1) is 0 Å². The van der Waals surface area contributed by atoms with Crippen molar-refractivity contribution in [2.45, 2.75) is 31.2 Å². The predicted octanol–water partition coefficient (Wildman–Crippen LogP) is 1.05. The Morgan fingerprint density at radius 2 is 2.00 bits per heavy atom. The minimum atomic E-state index is -1.04. The molecule has 0 heterocycles. The van der Waals surface area contributed by atoms with Gasteiger partial charge in [0.25, 0.3) is 0 Å². The zero-order valence-electron chi connectivity index (χ0n) is 9.41. The van der Waals surface area contributed by atoms with Gasteiger partial charge in [-0.05, 0) is 19.1 Å². The first kappa shape index (κ1) is 13.2. The van der Waals surface area contributed by atoms with Crippen LogP contribution >= 0.6 is 11.8 Å². The van der Waals surface area contributed by atoms with Crippen LogP contribution in [0.4, 0.5) is 4.79 Å². The molecule has 3 N–H and O–H groups in total. The molecule has 0 spiro atoms.